The van der Waals surface area contributed by atoms with Crippen LogP contribution in [0.25, 0.3) is 0 Å². The van der Waals surface area contributed by atoms with Crippen LogP contribution in [-0.2, 0) is 21.2 Å². The summed E-state index contributed by atoms with van der Waals surface area (Å²) in [5, 5.41) is 2.77. The lowest BCUT2D eigenvalue weighted by Gasteiger charge is -2.25. The largest absolute Gasteiger partial charge is 0.491 e. The second-order valence-electron chi connectivity index (χ2n) is 9.06. The Hall–Kier alpha value is -3.79. The van der Waals surface area contributed by atoms with Gasteiger partial charge in [0.25, 0.3) is 10.0 Å². The van der Waals surface area contributed by atoms with Crippen molar-refractivity contribution < 1.29 is 31.8 Å². The van der Waals surface area contributed by atoms with Gasteiger partial charge in [0.05, 0.1) is 16.7 Å². The van der Waals surface area contributed by atoms with Crippen LogP contribution in [0.1, 0.15) is 25.8 Å². The predicted molar refractivity (Wildman–Crippen MR) is 142 cm³/mol. The van der Waals surface area contributed by atoms with Gasteiger partial charge in [0, 0.05) is 12.6 Å². The zero-order valence-corrected chi connectivity index (χ0v) is 22.2. The minimum atomic E-state index is -4.23. The van der Waals surface area contributed by atoms with Crippen molar-refractivity contribution in [2.24, 2.45) is 0 Å². The molecule has 3 aromatic carbocycles. The number of sulfonamides is 1. The van der Waals surface area contributed by atoms with E-state index >= 15 is 0 Å². The number of halogens is 1. The molecule has 0 saturated heterocycles. The van der Waals surface area contributed by atoms with Gasteiger partial charge in [0.15, 0.2) is 11.5 Å². The topological polar surface area (TPSA) is 94.2 Å². The standard InChI is InChI=1S/C28H31FN2O6S/c1-20(2)37-24-10-8-21(9-11-24)5-4-14-30-28(32)19-31(23-7-3-6-22(29)17-23)38(33,34)25-12-13-26-27(18-25)36-16-15-35-26/h3,6-13,17-18,20H,4-5,14-16,19H2,1-2H3,(H,30,32). The number of hydrogen-bond donors (Lipinski definition) is 1. The smallest absolute Gasteiger partial charge is 0.264 e. The Morgan fingerprint density at radius 2 is 1.76 bits per heavy atom. The van der Waals surface area contributed by atoms with Gasteiger partial charge in [0.2, 0.25) is 5.91 Å². The van der Waals surface area contributed by atoms with Crippen molar-refractivity contribution in [1.82, 2.24) is 5.32 Å². The molecule has 0 unspecified atom stereocenters. The number of amides is 1. The van der Waals surface area contributed by atoms with Crippen LogP contribution in [0, 0.1) is 5.82 Å². The molecule has 0 spiro atoms. The van der Waals surface area contributed by atoms with Gasteiger partial charge in [-0.25, -0.2) is 12.8 Å². The molecule has 3 aromatic rings. The number of anilines is 1. The Morgan fingerprint density at radius 1 is 1.03 bits per heavy atom. The summed E-state index contributed by atoms with van der Waals surface area (Å²) in [5.74, 6) is 0.414. The molecule has 0 atom stereocenters. The van der Waals surface area contributed by atoms with E-state index in [4.69, 9.17) is 14.2 Å². The molecule has 0 fully saturated rings. The van der Waals surface area contributed by atoms with Crippen LogP contribution in [-0.4, -0.2) is 46.7 Å². The summed E-state index contributed by atoms with van der Waals surface area (Å²) in [5.41, 5.74) is 1.14. The minimum Gasteiger partial charge on any atom is -0.491 e. The summed E-state index contributed by atoms with van der Waals surface area (Å²) < 4.78 is 58.7. The van der Waals surface area contributed by atoms with Crippen LogP contribution in [0.2, 0.25) is 0 Å². The Kier molecular flexibility index (Phi) is 8.73. The van der Waals surface area contributed by atoms with Gasteiger partial charge in [-0.3, -0.25) is 9.10 Å². The maximum atomic E-state index is 14.0. The zero-order chi connectivity index (χ0) is 27.1. The Labute approximate surface area is 222 Å². The maximum absolute atomic E-state index is 14.0. The number of benzene rings is 3. The first kappa shape index (κ1) is 27.3. The van der Waals surface area contributed by atoms with E-state index in [1.807, 2.05) is 38.1 Å². The molecule has 202 valence electrons. The molecule has 0 radical (unpaired) electrons. The Balaban J connectivity index is 1.42. The lowest BCUT2D eigenvalue weighted by atomic mass is 10.1. The van der Waals surface area contributed by atoms with Crippen LogP contribution in [0.3, 0.4) is 0 Å². The number of hydrogen-bond acceptors (Lipinski definition) is 6. The van der Waals surface area contributed by atoms with Crippen molar-refractivity contribution in [2.45, 2.75) is 37.7 Å². The van der Waals surface area contributed by atoms with E-state index < -0.39 is 28.3 Å². The van der Waals surface area contributed by atoms with E-state index in [9.17, 15) is 17.6 Å². The van der Waals surface area contributed by atoms with Crippen molar-refractivity contribution in [1.29, 1.82) is 0 Å². The van der Waals surface area contributed by atoms with E-state index in [-0.39, 0.29) is 16.7 Å². The summed E-state index contributed by atoms with van der Waals surface area (Å²) in [4.78, 5) is 12.7. The Morgan fingerprint density at radius 3 is 2.47 bits per heavy atom. The summed E-state index contributed by atoms with van der Waals surface area (Å²) in [6, 6.07) is 17.1. The lowest BCUT2D eigenvalue weighted by molar-refractivity contribution is -0.119. The SMILES string of the molecule is CC(C)Oc1ccc(CCCNC(=O)CN(c2cccc(F)c2)S(=O)(=O)c2ccc3c(c2)OCCO3)cc1. The van der Waals surface area contributed by atoms with Crippen molar-refractivity contribution in [2.75, 3.05) is 30.6 Å². The number of rotatable bonds is 11. The first-order chi connectivity index (χ1) is 18.2. The summed E-state index contributed by atoms with van der Waals surface area (Å²) >= 11 is 0. The van der Waals surface area contributed by atoms with Gasteiger partial charge in [-0.05, 0) is 74.7 Å². The third kappa shape index (κ3) is 6.95. The molecule has 1 N–H and O–H groups in total. The van der Waals surface area contributed by atoms with E-state index in [0.29, 0.717) is 37.7 Å². The van der Waals surface area contributed by atoms with Crippen molar-refractivity contribution in [3.05, 3.63) is 78.1 Å². The molecule has 0 saturated carbocycles. The first-order valence-corrected chi connectivity index (χ1v) is 13.9. The number of carbonyl (C=O) groups excluding carboxylic acids is 1. The minimum absolute atomic E-state index is 0.0405. The van der Waals surface area contributed by atoms with Crippen LogP contribution in [0.15, 0.2) is 71.6 Å². The fraction of sp³-hybridized carbons (Fsp3) is 0.321. The second kappa shape index (κ2) is 12.2. The number of nitrogens with one attached hydrogen (secondary N) is 1. The fourth-order valence-corrected chi connectivity index (χ4v) is 5.40. The van der Waals surface area contributed by atoms with E-state index in [0.717, 1.165) is 28.1 Å². The van der Waals surface area contributed by atoms with Gasteiger partial charge in [-0.1, -0.05) is 18.2 Å². The van der Waals surface area contributed by atoms with Crippen LogP contribution in [0.5, 0.6) is 17.2 Å². The average molecular weight is 543 g/mol. The molecule has 38 heavy (non-hydrogen) atoms. The van der Waals surface area contributed by atoms with Gasteiger partial charge in [-0.15, -0.1) is 0 Å². The molecule has 1 aliphatic rings. The molecule has 10 heteroatoms. The van der Waals surface area contributed by atoms with Crippen LogP contribution < -0.4 is 23.8 Å². The number of ether oxygens (including phenoxy) is 3. The molecule has 0 bridgehead atoms. The number of nitrogens with zero attached hydrogens (tertiary/aromatic N) is 1. The zero-order valence-electron chi connectivity index (χ0n) is 21.4. The molecule has 1 aliphatic heterocycles. The van der Waals surface area contributed by atoms with E-state index in [2.05, 4.69) is 5.32 Å². The molecular weight excluding hydrogens is 511 g/mol. The highest BCUT2D eigenvalue weighted by atomic mass is 32.2. The van der Waals surface area contributed by atoms with E-state index in [1.165, 1.54) is 36.4 Å². The molecule has 1 amide bonds. The molecule has 0 aromatic heterocycles. The van der Waals surface area contributed by atoms with Gasteiger partial charge >= 0.3 is 0 Å². The highest BCUT2D eigenvalue weighted by molar-refractivity contribution is 7.92. The molecule has 1 heterocycles. The quantitative estimate of drug-likeness (QED) is 0.363. The monoisotopic (exact) mass is 542 g/mol. The normalized spacial score (nSPS) is 12.7. The predicted octanol–water partition coefficient (Wildman–Crippen LogP) is 4.33. The highest BCUT2D eigenvalue weighted by Gasteiger charge is 2.29. The third-order valence-corrected chi connectivity index (χ3v) is 7.51. The molecular formula is C28H31FN2O6S. The third-order valence-electron chi connectivity index (χ3n) is 5.74. The first-order valence-electron chi connectivity index (χ1n) is 12.4. The second-order valence-corrected chi connectivity index (χ2v) is 10.9. The van der Waals surface area contributed by atoms with Gasteiger partial charge in [0.1, 0.15) is 31.3 Å². The summed E-state index contributed by atoms with van der Waals surface area (Å²) in [6.45, 7) is 4.43. The average Bonchev–Trinajstić information content (AvgIpc) is 2.90. The van der Waals surface area contributed by atoms with Gasteiger partial charge in [-0.2, -0.15) is 0 Å². The van der Waals surface area contributed by atoms with Crippen LogP contribution >= 0.6 is 0 Å². The van der Waals surface area contributed by atoms with Crippen LogP contribution in [0.4, 0.5) is 10.1 Å². The number of carbonyl (C=O) groups is 1. The lowest BCUT2D eigenvalue weighted by Crippen LogP contribution is -2.41. The molecule has 0 aliphatic carbocycles. The van der Waals surface area contributed by atoms with Crippen molar-refractivity contribution in [3.8, 4) is 17.2 Å². The highest BCUT2D eigenvalue weighted by Crippen LogP contribution is 2.34. The van der Waals surface area contributed by atoms with Crippen molar-refractivity contribution in [3.63, 3.8) is 0 Å². The fourth-order valence-electron chi connectivity index (χ4n) is 3.97. The number of fused-ring (bicyclic) bond motifs is 1. The molecule has 4 rings (SSSR count). The summed E-state index contributed by atoms with van der Waals surface area (Å²) in [6.07, 6.45) is 1.48. The van der Waals surface area contributed by atoms with E-state index in [1.54, 1.807) is 0 Å². The van der Waals surface area contributed by atoms with Crippen molar-refractivity contribution >= 4 is 21.6 Å². The Bertz CT molecular complexity index is 1360. The number of aryl methyl sites for hydroxylation is 1. The maximum Gasteiger partial charge on any atom is 0.264 e. The van der Waals surface area contributed by atoms with Gasteiger partial charge < -0.3 is 19.5 Å². The summed E-state index contributed by atoms with van der Waals surface area (Å²) in [7, 11) is -4.23. The molecule has 8 nitrogen and oxygen atoms in total.